The number of fused-ring (bicyclic) bond motifs is 12. The van der Waals surface area contributed by atoms with Crippen LogP contribution in [0.4, 0.5) is 11.4 Å². The molecule has 14 rings (SSSR count). The minimum Gasteiger partial charge on any atom is -0.456 e. The van der Waals surface area contributed by atoms with Gasteiger partial charge in [-0.1, -0.05) is 148 Å². The highest BCUT2D eigenvalue weighted by Crippen LogP contribution is 2.46. The number of aromatic nitrogens is 1. The highest BCUT2D eigenvalue weighted by Gasteiger charge is 2.30. The Morgan fingerprint density at radius 3 is 2.05 bits per heavy atom. The summed E-state index contributed by atoms with van der Waals surface area (Å²) in [5, 5.41) is 12.2. The normalized spacial score (nSPS) is 12.6. The van der Waals surface area contributed by atoms with Crippen molar-refractivity contribution in [2.24, 2.45) is 0 Å². The first-order valence-electron chi connectivity index (χ1n) is 22.8. The topological polar surface area (TPSA) is 43.2 Å². The standard InChI is InChI=1S/C60H41BN2O2S/c1-60(2,3)36-22-24-37(25-23-36)62-48-33-55-45(39-19-11-13-21-54(39)66-55)28-42(48)40-26-27-41-43-31-52-44(38-18-10-12-20-51(38)64-52)29-49(43)63-50-30-46-53(32-47(50)61-57(40)58(41)63)65-59(35-16-8-5-9-17-35)56(46)34-14-6-4-7-15-34/h4-33,61-62H,1-3H3. The molecule has 13 aromatic rings. The Labute approximate surface area is 385 Å². The Morgan fingerprint density at radius 2 is 1.24 bits per heavy atom. The summed E-state index contributed by atoms with van der Waals surface area (Å²) in [6, 6.07) is 66.3. The minimum absolute atomic E-state index is 0.0651. The van der Waals surface area contributed by atoms with E-state index in [-0.39, 0.29) is 5.41 Å². The van der Waals surface area contributed by atoms with E-state index in [1.54, 1.807) is 0 Å². The second-order valence-electron chi connectivity index (χ2n) is 18.9. The quantitative estimate of drug-likeness (QED) is 0.175. The predicted octanol–water partition coefficient (Wildman–Crippen LogP) is 15.5. The van der Waals surface area contributed by atoms with Gasteiger partial charge in [-0.05, 0) is 88.2 Å². The number of nitrogens with one attached hydrogen (secondary N) is 1. The lowest BCUT2D eigenvalue weighted by molar-refractivity contribution is 0.590. The van der Waals surface area contributed by atoms with Crippen molar-refractivity contribution in [2.75, 3.05) is 5.32 Å². The fourth-order valence-corrected chi connectivity index (χ4v) is 11.9. The number of thiophene rings is 1. The summed E-state index contributed by atoms with van der Waals surface area (Å²) in [7, 11) is 0.734. The molecule has 66 heavy (non-hydrogen) atoms. The third-order valence-electron chi connectivity index (χ3n) is 14.0. The molecule has 0 bridgehead atoms. The van der Waals surface area contributed by atoms with E-state index in [9.17, 15) is 0 Å². The van der Waals surface area contributed by atoms with Crippen molar-refractivity contribution in [2.45, 2.75) is 26.2 Å². The molecular weight excluding hydrogens is 824 g/mol. The van der Waals surface area contributed by atoms with E-state index in [4.69, 9.17) is 8.83 Å². The lowest BCUT2D eigenvalue weighted by atomic mass is 9.59. The van der Waals surface area contributed by atoms with Crippen LogP contribution in [0.3, 0.4) is 0 Å². The van der Waals surface area contributed by atoms with Crippen LogP contribution < -0.4 is 16.2 Å². The summed E-state index contributed by atoms with van der Waals surface area (Å²) in [6.07, 6.45) is 0. The maximum Gasteiger partial charge on any atom is 0.198 e. The Kier molecular flexibility index (Phi) is 7.89. The maximum absolute atomic E-state index is 7.01. The molecule has 1 N–H and O–H groups in total. The molecule has 1 aliphatic heterocycles. The molecule has 0 fully saturated rings. The van der Waals surface area contributed by atoms with Crippen molar-refractivity contribution in [3.05, 3.63) is 188 Å². The third kappa shape index (κ3) is 5.58. The van der Waals surface area contributed by atoms with Gasteiger partial charge in [0, 0.05) is 86.4 Å². The van der Waals surface area contributed by atoms with Crippen molar-refractivity contribution in [1.82, 2.24) is 4.57 Å². The summed E-state index contributed by atoms with van der Waals surface area (Å²) in [4.78, 5) is 0. The zero-order chi connectivity index (χ0) is 43.8. The highest BCUT2D eigenvalue weighted by atomic mass is 32.1. The fourth-order valence-electron chi connectivity index (χ4n) is 10.8. The summed E-state index contributed by atoms with van der Waals surface area (Å²) in [5.41, 5.74) is 18.0. The molecule has 0 unspecified atom stereocenters. The van der Waals surface area contributed by atoms with Gasteiger partial charge in [0.2, 0.25) is 0 Å². The van der Waals surface area contributed by atoms with E-state index in [2.05, 4.69) is 207 Å². The van der Waals surface area contributed by atoms with Crippen molar-refractivity contribution < 1.29 is 8.83 Å². The largest absolute Gasteiger partial charge is 0.456 e. The first-order valence-corrected chi connectivity index (χ1v) is 23.6. The number of hydrogen-bond donors (Lipinski definition) is 1. The average Bonchev–Trinajstić information content (AvgIpc) is 4.10. The lowest BCUT2D eigenvalue weighted by Gasteiger charge is -2.24. The Morgan fingerprint density at radius 1 is 0.515 bits per heavy atom. The van der Waals surface area contributed by atoms with Gasteiger partial charge in [-0.25, -0.2) is 0 Å². The van der Waals surface area contributed by atoms with Gasteiger partial charge in [0.1, 0.15) is 22.5 Å². The van der Waals surface area contributed by atoms with Crippen molar-refractivity contribution in [1.29, 1.82) is 0 Å². The van der Waals surface area contributed by atoms with Gasteiger partial charge < -0.3 is 18.7 Å². The number of hydrogen-bond acceptors (Lipinski definition) is 4. The maximum atomic E-state index is 7.01. The van der Waals surface area contributed by atoms with Crippen LogP contribution in [0.15, 0.2) is 191 Å². The van der Waals surface area contributed by atoms with Crippen LogP contribution >= 0.6 is 11.3 Å². The Bertz CT molecular complexity index is 4130. The molecule has 0 aliphatic carbocycles. The average molecular weight is 865 g/mol. The molecule has 4 nitrogen and oxygen atoms in total. The molecule has 0 radical (unpaired) electrons. The van der Waals surface area contributed by atoms with Crippen LogP contribution in [0.25, 0.3) is 114 Å². The number of anilines is 2. The molecule has 1 aliphatic rings. The van der Waals surface area contributed by atoms with Gasteiger partial charge in [-0.15, -0.1) is 11.3 Å². The summed E-state index contributed by atoms with van der Waals surface area (Å²) < 4.78 is 18.7. The van der Waals surface area contributed by atoms with E-state index in [1.807, 2.05) is 17.4 Å². The van der Waals surface area contributed by atoms with Crippen LogP contribution in [-0.2, 0) is 5.41 Å². The lowest BCUT2D eigenvalue weighted by Crippen LogP contribution is -2.37. The molecule has 0 spiro atoms. The van der Waals surface area contributed by atoms with Gasteiger partial charge in [0.25, 0.3) is 0 Å². The molecule has 5 heterocycles. The van der Waals surface area contributed by atoms with Crippen molar-refractivity contribution in [3.63, 3.8) is 0 Å². The van der Waals surface area contributed by atoms with Crippen LogP contribution in [-0.4, -0.2) is 11.8 Å². The van der Waals surface area contributed by atoms with Gasteiger partial charge >= 0.3 is 0 Å². The number of furan rings is 2. The first-order chi connectivity index (χ1) is 32.3. The molecule has 0 atom stereocenters. The SMILES string of the molecule is CC(C)(C)c1ccc(Nc2cc3sc4ccccc4c3cc2-c2ccc3c4cc5oc6ccccc6c5cc4n4c3c2Bc2cc3oc(-c5ccccc5)c(-c5ccccc5)c3cc2-4)cc1. The molecule has 4 aromatic heterocycles. The predicted molar refractivity (Wildman–Crippen MR) is 282 cm³/mol. The zero-order valence-corrected chi connectivity index (χ0v) is 37.5. The molecular formula is C60H41BN2O2S. The molecule has 0 amide bonds. The van der Waals surface area contributed by atoms with Crippen LogP contribution in [0.1, 0.15) is 26.3 Å². The van der Waals surface area contributed by atoms with Crippen LogP contribution in [0.5, 0.6) is 0 Å². The van der Waals surface area contributed by atoms with E-state index in [0.717, 1.165) is 79.5 Å². The monoisotopic (exact) mass is 864 g/mol. The second-order valence-corrected chi connectivity index (χ2v) is 20.0. The molecule has 6 heteroatoms. The van der Waals surface area contributed by atoms with E-state index in [0.29, 0.717) is 0 Å². The Balaban J connectivity index is 1.07. The van der Waals surface area contributed by atoms with E-state index >= 15 is 0 Å². The number of para-hydroxylation sites is 1. The van der Waals surface area contributed by atoms with E-state index < -0.39 is 0 Å². The van der Waals surface area contributed by atoms with Crippen molar-refractivity contribution in [3.8, 4) is 39.3 Å². The zero-order valence-electron chi connectivity index (χ0n) is 36.7. The summed E-state index contributed by atoms with van der Waals surface area (Å²) >= 11 is 1.86. The van der Waals surface area contributed by atoms with Crippen molar-refractivity contribution >= 4 is 116 Å². The number of rotatable bonds is 5. The molecule has 0 saturated carbocycles. The molecule has 9 aromatic carbocycles. The van der Waals surface area contributed by atoms with Gasteiger partial charge in [0.15, 0.2) is 7.28 Å². The first kappa shape index (κ1) is 37.6. The molecule has 312 valence electrons. The van der Waals surface area contributed by atoms with Crippen LogP contribution in [0, 0.1) is 0 Å². The minimum atomic E-state index is 0.0651. The van der Waals surface area contributed by atoms with Gasteiger partial charge in [-0.3, -0.25) is 0 Å². The second kappa shape index (κ2) is 13.9. The van der Waals surface area contributed by atoms with Crippen LogP contribution in [0.2, 0.25) is 0 Å². The molecule has 0 saturated heterocycles. The summed E-state index contributed by atoms with van der Waals surface area (Å²) in [5.74, 6) is 0.883. The van der Waals surface area contributed by atoms with Gasteiger partial charge in [0.05, 0.1) is 5.52 Å². The number of nitrogens with zero attached hydrogens (tertiary/aromatic N) is 1. The van der Waals surface area contributed by atoms with Gasteiger partial charge in [-0.2, -0.15) is 0 Å². The highest BCUT2D eigenvalue weighted by molar-refractivity contribution is 7.25. The number of benzene rings is 9. The van der Waals surface area contributed by atoms with E-state index in [1.165, 1.54) is 69.8 Å². The summed E-state index contributed by atoms with van der Waals surface area (Å²) in [6.45, 7) is 6.80. The fraction of sp³-hybridized carbons (Fsp3) is 0.0667. The smallest absolute Gasteiger partial charge is 0.198 e. The Hall–Kier alpha value is -7.80. The third-order valence-corrected chi connectivity index (χ3v) is 15.1.